The topological polar surface area (TPSA) is 46.5 Å². The van der Waals surface area contributed by atoms with Crippen LogP contribution in [-0.4, -0.2) is 19.7 Å². The average Bonchev–Trinajstić information content (AvgIpc) is 3.30. The molecule has 0 aliphatic heterocycles. The van der Waals surface area contributed by atoms with E-state index in [1.807, 2.05) is 35.4 Å². The largest absolute Gasteiger partial charge is 0.346 e. The first-order valence-corrected chi connectivity index (χ1v) is 8.30. The van der Waals surface area contributed by atoms with Gasteiger partial charge >= 0.3 is 0 Å². The highest BCUT2D eigenvalue weighted by atomic mass is 15.3. The van der Waals surface area contributed by atoms with Gasteiger partial charge in [0.2, 0.25) is 0 Å². The van der Waals surface area contributed by atoms with Crippen molar-refractivity contribution in [1.29, 1.82) is 0 Å². The maximum absolute atomic E-state index is 4.76. The Morgan fingerprint density at radius 3 is 2.80 bits per heavy atom. The Kier molecular flexibility index (Phi) is 3.13. The van der Waals surface area contributed by atoms with Gasteiger partial charge in [-0.3, -0.25) is 4.68 Å². The van der Waals surface area contributed by atoms with Crippen LogP contribution in [0.2, 0.25) is 0 Å². The SMILES string of the molecule is c1ccc2cc(Cn3ccc(-c4ccnc5[nH]ccc45)n3)ccc2c1. The Bertz CT molecular complexity index is 1180. The van der Waals surface area contributed by atoms with Crippen molar-refractivity contribution in [2.24, 2.45) is 0 Å². The first-order valence-electron chi connectivity index (χ1n) is 8.30. The maximum Gasteiger partial charge on any atom is 0.137 e. The zero-order chi connectivity index (χ0) is 16.6. The zero-order valence-electron chi connectivity index (χ0n) is 13.6. The van der Waals surface area contributed by atoms with Crippen LogP contribution in [0.1, 0.15) is 5.56 Å². The highest BCUT2D eigenvalue weighted by molar-refractivity contribution is 5.91. The Hall–Kier alpha value is -3.40. The van der Waals surface area contributed by atoms with Crippen LogP contribution in [0.3, 0.4) is 0 Å². The number of H-pyrrole nitrogens is 1. The van der Waals surface area contributed by atoms with E-state index >= 15 is 0 Å². The number of hydrogen-bond acceptors (Lipinski definition) is 2. The quantitative estimate of drug-likeness (QED) is 0.526. The number of fused-ring (bicyclic) bond motifs is 2. The van der Waals surface area contributed by atoms with Crippen LogP contribution >= 0.6 is 0 Å². The third kappa shape index (κ3) is 2.48. The second-order valence-corrected chi connectivity index (χ2v) is 6.18. The number of nitrogens with zero attached hydrogens (tertiary/aromatic N) is 3. The lowest BCUT2D eigenvalue weighted by atomic mass is 10.1. The number of aromatic nitrogens is 4. The summed E-state index contributed by atoms with van der Waals surface area (Å²) in [6.07, 6.45) is 5.76. The minimum atomic E-state index is 0.756. The molecule has 0 saturated carbocycles. The third-order valence-electron chi connectivity index (χ3n) is 4.54. The summed E-state index contributed by atoms with van der Waals surface area (Å²) < 4.78 is 1.98. The second-order valence-electron chi connectivity index (χ2n) is 6.18. The normalized spacial score (nSPS) is 11.4. The van der Waals surface area contributed by atoms with Gasteiger partial charge < -0.3 is 4.98 Å². The molecule has 120 valence electrons. The minimum absolute atomic E-state index is 0.756. The summed E-state index contributed by atoms with van der Waals surface area (Å²) in [5.41, 5.74) is 4.20. The molecule has 0 aliphatic carbocycles. The summed E-state index contributed by atoms with van der Waals surface area (Å²) in [5.74, 6) is 0. The fourth-order valence-electron chi connectivity index (χ4n) is 3.30. The number of nitrogens with one attached hydrogen (secondary N) is 1. The Morgan fingerprint density at radius 1 is 0.920 bits per heavy atom. The second kappa shape index (κ2) is 5.60. The predicted molar refractivity (Wildman–Crippen MR) is 100 cm³/mol. The fraction of sp³-hybridized carbons (Fsp3) is 0.0476. The summed E-state index contributed by atoms with van der Waals surface area (Å²) in [6.45, 7) is 0.756. The smallest absolute Gasteiger partial charge is 0.137 e. The summed E-state index contributed by atoms with van der Waals surface area (Å²) in [7, 11) is 0. The van der Waals surface area contributed by atoms with Crippen molar-refractivity contribution >= 4 is 21.8 Å². The van der Waals surface area contributed by atoms with Gasteiger partial charge in [0.1, 0.15) is 5.65 Å². The van der Waals surface area contributed by atoms with Crippen LogP contribution in [0, 0.1) is 0 Å². The monoisotopic (exact) mass is 324 g/mol. The van der Waals surface area contributed by atoms with Gasteiger partial charge in [-0.15, -0.1) is 0 Å². The van der Waals surface area contributed by atoms with Gasteiger partial charge in [-0.1, -0.05) is 36.4 Å². The summed E-state index contributed by atoms with van der Waals surface area (Å²) in [5, 5.41) is 8.38. The van der Waals surface area contributed by atoms with Crippen molar-refractivity contribution in [3.8, 4) is 11.3 Å². The molecular formula is C21H16N4. The van der Waals surface area contributed by atoms with Crippen LogP contribution in [0.4, 0.5) is 0 Å². The van der Waals surface area contributed by atoms with Gasteiger partial charge in [0, 0.05) is 29.5 Å². The molecule has 0 radical (unpaired) electrons. The molecule has 25 heavy (non-hydrogen) atoms. The number of aromatic amines is 1. The third-order valence-corrected chi connectivity index (χ3v) is 4.54. The lowest BCUT2D eigenvalue weighted by molar-refractivity contribution is 0.690. The summed E-state index contributed by atoms with van der Waals surface area (Å²) in [4.78, 5) is 7.49. The van der Waals surface area contributed by atoms with E-state index in [-0.39, 0.29) is 0 Å². The Labute approximate surface area is 144 Å². The highest BCUT2D eigenvalue weighted by Gasteiger charge is 2.08. The first kappa shape index (κ1) is 14.0. The van der Waals surface area contributed by atoms with Crippen molar-refractivity contribution in [2.75, 3.05) is 0 Å². The molecule has 0 amide bonds. The molecule has 4 nitrogen and oxygen atoms in total. The van der Waals surface area contributed by atoms with E-state index in [2.05, 4.69) is 58.5 Å². The highest BCUT2D eigenvalue weighted by Crippen LogP contribution is 2.25. The van der Waals surface area contributed by atoms with Gasteiger partial charge in [0.25, 0.3) is 0 Å². The molecule has 5 aromatic rings. The molecule has 0 fully saturated rings. The molecule has 3 heterocycles. The number of hydrogen-bond donors (Lipinski definition) is 1. The van der Waals surface area contributed by atoms with Gasteiger partial charge in [-0.25, -0.2) is 4.98 Å². The molecule has 0 bridgehead atoms. The lowest BCUT2D eigenvalue weighted by Gasteiger charge is -2.05. The molecular weight excluding hydrogens is 308 g/mol. The molecule has 5 rings (SSSR count). The zero-order valence-corrected chi connectivity index (χ0v) is 13.6. The van der Waals surface area contributed by atoms with Crippen LogP contribution < -0.4 is 0 Å². The summed E-state index contributed by atoms with van der Waals surface area (Å²) >= 11 is 0. The first-order chi connectivity index (χ1) is 12.4. The average molecular weight is 324 g/mol. The van der Waals surface area contributed by atoms with E-state index in [0.717, 1.165) is 28.8 Å². The molecule has 1 N–H and O–H groups in total. The van der Waals surface area contributed by atoms with E-state index in [4.69, 9.17) is 5.10 Å². The van der Waals surface area contributed by atoms with Gasteiger partial charge in [0.05, 0.1) is 12.2 Å². The molecule has 3 aromatic heterocycles. The predicted octanol–water partition coefficient (Wildman–Crippen LogP) is 4.63. The Balaban J connectivity index is 1.48. The maximum atomic E-state index is 4.76. The van der Waals surface area contributed by atoms with Crippen molar-refractivity contribution in [1.82, 2.24) is 19.7 Å². The van der Waals surface area contributed by atoms with Crippen LogP contribution in [-0.2, 0) is 6.54 Å². The molecule has 4 heteroatoms. The minimum Gasteiger partial charge on any atom is -0.346 e. The van der Waals surface area contributed by atoms with E-state index < -0.39 is 0 Å². The number of pyridine rings is 1. The van der Waals surface area contributed by atoms with Crippen LogP contribution in [0.5, 0.6) is 0 Å². The van der Waals surface area contributed by atoms with Crippen molar-refractivity contribution in [2.45, 2.75) is 6.54 Å². The molecule has 0 saturated heterocycles. The molecule has 2 aromatic carbocycles. The van der Waals surface area contributed by atoms with Crippen molar-refractivity contribution in [3.05, 3.63) is 84.8 Å². The fourth-order valence-corrected chi connectivity index (χ4v) is 3.30. The van der Waals surface area contributed by atoms with Gasteiger partial charge in [-0.2, -0.15) is 5.10 Å². The molecule has 0 aliphatic rings. The van der Waals surface area contributed by atoms with E-state index in [9.17, 15) is 0 Å². The van der Waals surface area contributed by atoms with Crippen LogP contribution in [0.25, 0.3) is 33.1 Å². The van der Waals surface area contributed by atoms with Gasteiger partial charge in [0.15, 0.2) is 0 Å². The van der Waals surface area contributed by atoms with Gasteiger partial charge in [-0.05, 0) is 40.6 Å². The van der Waals surface area contributed by atoms with E-state index in [0.29, 0.717) is 0 Å². The van der Waals surface area contributed by atoms with Crippen molar-refractivity contribution < 1.29 is 0 Å². The van der Waals surface area contributed by atoms with Crippen LogP contribution in [0.15, 0.2) is 79.3 Å². The van der Waals surface area contributed by atoms with E-state index in [1.165, 1.54) is 16.3 Å². The Morgan fingerprint density at radius 2 is 1.84 bits per heavy atom. The lowest BCUT2D eigenvalue weighted by Crippen LogP contribution is -2.00. The molecule has 0 unspecified atom stereocenters. The number of benzene rings is 2. The molecule has 0 spiro atoms. The molecule has 0 atom stereocenters. The standard InChI is InChI=1S/C21H16N4/c1-2-4-17-13-15(5-6-16(17)3-1)14-25-12-9-20(24-25)18-7-10-22-21-19(18)8-11-23-21/h1-13H,14H2,(H,22,23). The number of rotatable bonds is 3. The van der Waals surface area contributed by atoms with Crippen molar-refractivity contribution in [3.63, 3.8) is 0 Å². The summed E-state index contributed by atoms with van der Waals surface area (Å²) in [6, 6.07) is 21.1. The van der Waals surface area contributed by atoms with E-state index in [1.54, 1.807) is 0 Å².